The van der Waals surface area contributed by atoms with Crippen molar-refractivity contribution in [2.45, 2.75) is 13.1 Å². The Morgan fingerprint density at radius 3 is 2.50 bits per heavy atom. The number of benzene rings is 2. The van der Waals surface area contributed by atoms with Gasteiger partial charge in [0.15, 0.2) is 0 Å². The molecule has 2 rings (SSSR count). The molecule has 0 saturated carbocycles. The summed E-state index contributed by atoms with van der Waals surface area (Å²) in [6.45, 7) is 1.02. The third kappa shape index (κ3) is 3.68. The fraction of sp³-hybridized carbons (Fsp3) is 0.188. The van der Waals surface area contributed by atoms with Gasteiger partial charge in [-0.15, -0.1) is 0 Å². The van der Waals surface area contributed by atoms with Crippen LogP contribution in [-0.2, 0) is 13.1 Å². The Morgan fingerprint density at radius 2 is 1.85 bits per heavy atom. The average Bonchev–Trinajstić information content (AvgIpc) is 2.48. The van der Waals surface area contributed by atoms with Crippen molar-refractivity contribution in [1.82, 2.24) is 4.90 Å². The summed E-state index contributed by atoms with van der Waals surface area (Å²) in [5.41, 5.74) is 8.34. The standard InChI is InChI=1S/C16H17BrN2O/c1-19(11-12-5-7-15(17)8-6-12)16(20)14-4-2-3-13(9-14)10-18/h2-9H,10-11,18H2,1H3. The molecule has 0 spiro atoms. The minimum atomic E-state index is 0.00298. The molecule has 2 aromatic rings. The number of nitrogens with two attached hydrogens (primary N) is 1. The van der Waals surface area contributed by atoms with E-state index in [4.69, 9.17) is 5.73 Å². The number of halogens is 1. The molecule has 104 valence electrons. The SMILES string of the molecule is CN(Cc1ccc(Br)cc1)C(=O)c1cccc(CN)c1. The third-order valence-electron chi connectivity index (χ3n) is 3.09. The van der Waals surface area contributed by atoms with E-state index in [1.807, 2.05) is 48.5 Å². The average molecular weight is 333 g/mol. The number of carbonyl (C=O) groups is 1. The molecular formula is C16H17BrN2O. The molecular weight excluding hydrogens is 316 g/mol. The highest BCUT2D eigenvalue weighted by molar-refractivity contribution is 9.10. The van der Waals surface area contributed by atoms with Crippen molar-refractivity contribution in [3.05, 3.63) is 69.7 Å². The lowest BCUT2D eigenvalue weighted by atomic mass is 10.1. The van der Waals surface area contributed by atoms with Gasteiger partial charge < -0.3 is 10.6 Å². The van der Waals surface area contributed by atoms with E-state index in [2.05, 4.69) is 15.9 Å². The van der Waals surface area contributed by atoms with Crippen molar-refractivity contribution >= 4 is 21.8 Å². The maximum atomic E-state index is 12.4. The predicted octanol–water partition coefficient (Wildman–Crippen LogP) is 3.18. The van der Waals surface area contributed by atoms with Crippen LogP contribution in [0.4, 0.5) is 0 Å². The molecule has 0 bridgehead atoms. The minimum absolute atomic E-state index is 0.00298. The molecule has 3 nitrogen and oxygen atoms in total. The first-order chi connectivity index (χ1) is 9.60. The summed E-state index contributed by atoms with van der Waals surface area (Å²) < 4.78 is 1.03. The summed E-state index contributed by atoms with van der Waals surface area (Å²) in [7, 11) is 1.81. The molecule has 2 N–H and O–H groups in total. The summed E-state index contributed by atoms with van der Waals surface area (Å²) in [5.74, 6) is 0.00298. The lowest BCUT2D eigenvalue weighted by molar-refractivity contribution is 0.0785. The van der Waals surface area contributed by atoms with Crippen LogP contribution in [0.1, 0.15) is 21.5 Å². The van der Waals surface area contributed by atoms with Crippen molar-refractivity contribution in [2.24, 2.45) is 5.73 Å². The first-order valence-corrected chi connectivity index (χ1v) is 7.18. The quantitative estimate of drug-likeness (QED) is 0.934. The monoisotopic (exact) mass is 332 g/mol. The van der Waals surface area contributed by atoms with Gasteiger partial charge in [-0.05, 0) is 35.4 Å². The van der Waals surface area contributed by atoms with Gasteiger partial charge in [0.25, 0.3) is 5.91 Å². The smallest absolute Gasteiger partial charge is 0.253 e. The van der Waals surface area contributed by atoms with Crippen LogP contribution in [-0.4, -0.2) is 17.9 Å². The number of nitrogens with zero attached hydrogens (tertiary/aromatic N) is 1. The highest BCUT2D eigenvalue weighted by Crippen LogP contribution is 2.13. The topological polar surface area (TPSA) is 46.3 Å². The molecule has 4 heteroatoms. The first kappa shape index (κ1) is 14.8. The summed E-state index contributed by atoms with van der Waals surface area (Å²) in [6, 6.07) is 15.4. The van der Waals surface area contributed by atoms with Gasteiger partial charge in [-0.1, -0.05) is 40.2 Å². The number of carbonyl (C=O) groups excluding carboxylic acids is 1. The Balaban J connectivity index is 2.09. The molecule has 0 unspecified atom stereocenters. The molecule has 0 aliphatic rings. The van der Waals surface area contributed by atoms with Crippen LogP contribution in [0.5, 0.6) is 0 Å². The van der Waals surface area contributed by atoms with Crippen LogP contribution < -0.4 is 5.73 Å². The lowest BCUT2D eigenvalue weighted by Crippen LogP contribution is -2.26. The van der Waals surface area contributed by atoms with Crippen LogP contribution in [0.3, 0.4) is 0 Å². The van der Waals surface area contributed by atoms with E-state index in [1.165, 1.54) is 0 Å². The van der Waals surface area contributed by atoms with Crippen LogP contribution in [0, 0.1) is 0 Å². The maximum absolute atomic E-state index is 12.4. The van der Waals surface area contributed by atoms with Gasteiger partial charge in [-0.25, -0.2) is 0 Å². The van der Waals surface area contributed by atoms with Crippen LogP contribution in [0.25, 0.3) is 0 Å². The zero-order valence-electron chi connectivity index (χ0n) is 11.3. The highest BCUT2D eigenvalue weighted by atomic mass is 79.9. The van der Waals surface area contributed by atoms with Gasteiger partial charge in [0, 0.05) is 30.2 Å². The Hall–Kier alpha value is -1.65. The summed E-state index contributed by atoms with van der Waals surface area (Å²) in [6.07, 6.45) is 0. The van der Waals surface area contributed by atoms with Crippen molar-refractivity contribution in [3.63, 3.8) is 0 Å². The van der Waals surface area contributed by atoms with Crippen molar-refractivity contribution in [1.29, 1.82) is 0 Å². The number of rotatable bonds is 4. The zero-order valence-corrected chi connectivity index (χ0v) is 12.9. The zero-order chi connectivity index (χ0) is 14.5. The lowest BCUT2D eigenvalue weighted by Gasteiger charge is -2.17. The van der Waals surface area contributed by atoms with Crippen LogP contribution in [0.15, 0.2) is 53.0 Å². The number of hydrogen-bond donors (Lipinski definition) is 1. The molecule has 0 aliphatic heterocycles. The second-order valence-corrected chi connectivity index (χ2v) is 5.61. The van der Waals surface area contributed by atoms with E-state index in [0.717, 1.165) is 15.6 Å². The maximum Gasteiger partial charge on any atom is 0.253 e. The number of amides is 1. The van der Waals surface area contributed by atoms with E-state index in [1.54, 1.807) is 11.9 Å². The summed E-state index contributed by atoms with van der Waals surface area (Å²) in [5, 5.41) is 0. The van der Waals surface area contributed by atoms with E-state index in [0.29, 0.717) is 18.7 Å². The summed E-state index contributed by atoms with van der Waals surface area (Å²) >= 11 is 3.40. The number of hydrogen-bond acceptors (Lipinski definition) is 2. The first-order valence-electron chi connectivity index (χ1n) is 6.39. The van der Waals surface area contributed by atoms with E-state index in [9.17, 15) is 4.79 Å². The fourth-order valence-corrected chi connectivity index (χ4v) is 2.25. The molecule has 2 aromatic carbocycles. The molecule has 0 aliphatic carbocycles. The Bertz CT molecular complexity index is 596. The van der Waals surface area contributed by atoms with E-state index < -0.39 is 0 Å². The third-order valence-corrected chi connectivity index (χ3v) is 3.62. The van der Waals surface area contributed by atoms with Crippen molar-refractivity contribution < 1.29 is 4.79 Å². The van der Waals surface area contributed by atoms with Gasteiger partial charge in [0.2, 0.25) is 0 Å². The van der Waals surface area contributed by atoms with Crippen molar-refractivity contribution in [3.8, 4) is 0 Å². The summed E-state index contributed by atoms with van der Waals surface area (Å²) in [4.78, 5) is 14.1. The van der Waals surface area contributed by atoms with Crippen LogP contribution in [0.2, 0.25) is 0 Å². The van der Waals surface area contributed by atoms with Gasteiger partial charge >= 0.3 is 0 Å². The Morgan fingerprint density at radius 1 is 1.15 bits per heavy atom. The second-order valence-electron chi connectivity index (χ2n) is 4.69. The largest absolute Gasteiger partial charge is 0.337 e. The Kier molecular flexibility index (Phi) is 4.93. The van der Waals surface area contributed by atoms with Gasteiger partial charge in [-0.3, -0.25) is 4.79 Å². The van der Waals surface area contributed by atoms with Crippen molar-refractivity contribution in [2.75, 3.05) is 7.05 Å². The van der Waals surface area contributed by atoms with Gasteiger partial charge in [0.05, 0.1) is 0 Å². The van der Waals surface area contributed by atoms with Crippen LogP contribution >= 0.6 is 15.9 Å². The molecule has 1 amide bonds. The molecule has 0 saturated heterocycles. The molecule has 0 aromatic heterocycles. The highest BCUT2D eigenvalue weighted by Gasteiger charge is 2.12. The molecule has 20 heavy (non-hydrogen) atoms. The molecule has 0 atom stereocenters. The van der Waals surface area contributed by atoms with E-state index >= 15 is 0 Å². The predicted molar refractivity (Wildman–Crippen MR) is 84.3 cm³/mol. The second kappa shape index (κ2) is 6.68. The normalized spacial score (nSPS) is 10.3. The molecule has 0 heterocycles. The minimum Gasteiger partial charge on any atom is -0.337 e. The molecule has 0 fully saturated rings. The molecule has 0 radical (unpaired) electrons. The fourth-order valence-electron chi connectivity index (χ4n) is 1.99. The Labute approximate surface area is 127 Å². The van der Waals surface area contributed by atoms with Gasteiger partial charge in [-0.2, -0.15) is 0 Å². The van der Waals surface area contributed by atoms with E-state index in [-0.39, 0.29) is 5.91 Å². The van der Waals surface area contributed by atoms with Gasteiger partial charge in [0.1, 0.15) is 0 Å².